The van der Waals surface area contributed by atoms with Crippen LogP contribution in [-0.2, 0) is 0 Å². The Morgan fingerprint density at radius 3 is 2.30 bits per heavy atom. The maximum absolute atomic E-state index is 3.62. The number of nitrogens with one attached hydrogen (secondary N) is 1. The minimum Gasteiger partial charge on any atom is -0.311 e. The Morgan fingerprint density at radius 2 is 2.00 bits per heavy atom. The van der Waals surface area contributed by atoms with Crippen LogP contribution >= 0.6 is 0 Å². The standard InChI is InChI=1S/C9H19N/c1-4-7-10-9(5-6-9)8(2)3/h8,10H,4-7H2,1-3H3. The van der Waals surface area contributed by atoms with Crippen LogP contribution in [0.3, 0.4) is 0 Å². The first-order valence-electron chi connectivity index (χ1n) is 4.46. The molecule has 0 aromatic carbocycles. The average molecular weight is 141 g/mol. The molecule has 10 heavy (non-hydrogen) atoms. The maximum atomic E-state index is 3.62. The van der Waals surface area contributed by atoms with E-state index >= 15 is 0 Å². The Balaban J connectivity index is 2.24. The molecule has 1 N–H and O–H groups in total. The lowest BCUT2D eigenvalue weighted by Gasteiger charge is -2.20. The van der Waals surface area contributed by atoms with Gasteiger partial charge in [-0.25, -0.2) is 0 Å². The van der Waals surface area contributed by atoms with Gasteiger partial charge in [-0.2, -0.15) is 0 Å². The van der Waals surface area contributed by atoms with Gasteiger partial charge >= 0.3 is 0 Å². The predicted octanol–water partition coefficient (Wildman–Crippen LogP) is 2.17. The molecule has 1 rings (SSSR count). The maximum Gasteiger partial charge on any atom is 0.0205 e. The van der Waals surface area contributed by atoms with E-state index in [4.69, 9.17) is 0 Å². The van der Waals surface area contributed by atoms with Crippen LogP contribution in [0.2, 0.25) is 0 Å². The van der Waals surface area contributed by atoms with Crippen molar-refractivity contribution < 1.29 is 0 Å². The third kappa shape index (κ3) is 1.51. The highest BCUT2D eigenvalue weighted by molar-refractivity contribution is 5.03. The summed E-state index contributed by atoms with van der Waals surface area (Å²) in [7, 11) is 0. The molecule has 0 spiro atoms. The molecule has 1 fully saturated rings. The van der Waals surface area contributed by atoms with Crippen molar-refractivity contribution in [3.63, 3.8) is 0 Å². The van der Waals surface area contributed by atoms with Gasteiger partial charge in [-0.1, -0.05) is 20.8 Å². The molecule has 1 aliphatic carbocycles. The molecule has 60 valence electrons. The van der Waals surface area contributed by atoms with Crippen molar-refractivity contribution >= 4 is 0 Å². The van der Waals surface area contributed by atoms with Crippen LogP contribution in [-0.4, -0.2) is 12.1 Å². The third-order valence-electron chi connectivity index (χ3n) is 2.62. The van der Waals surface area contributed by atoms with E-state index in [0.29, 0.717) is 5.54 Å². The van der Waals surface area contributed by atoms with Gasteiger partial charge in [0.1, 0.15) is 0 Å². The van der Waals surface area contributed by atoms with Crippen LogP contribution in [0.25, 0.3) is 0 Å². The minimum absolute atomic E-state index is 0.552. The molecule has 0 bridgehead atoms. The monoisotopic (exact) mass is 141 g/mol. The van der Waals surface area contributed by atoms with Gasteiger partial charge in [-0.05, 0) is 31.7 Å². The Morgan fingerprint density at radius 1 is 1.40 bits per heavy atom. The average Bonchev–Trinajstić information content (AvgIpc) is 2.64. The first-order valence-corrected chi connectivity index (χ1v) is 4.46. The first kappa shape index (κ1) is 8.06. The Labute approximate surface area is 64.2 Å². The smallest absolute Gasteiger partial charge is 0.0205 e. The van der Waals surface area contributed by atoms with Crippen molar-refractivity contribution in [2.75, 3.05) is 6.54 Å². The fraction of sp³-hybridized carbons (Fsp3) is 1.00. The molecule has 0 saturated heterocycles. The topological polar surface area (TPSA) is 12.0 Å². The van der Waals surface area contributed by atoms with E-state index in [1.165, 1.54) is 25.8 Å². The Kier molecular flexibility index (Phi) is 2.35. The van der Waals surface area contributed by atoms with Crippen LogP contribution in [0.15, 0.2) is 0 Å². The number of hydrogen-bond acceptors (Lipinski definition) is 1. The zero-order chi connectivity index (χ0) is 7.61. The molecular formula is C9H19N. The van der Waals surface area contributed by atoms with Crippen LogP contribution in [0, 0.1) is 5.92 Å². The molecule has 0 aromatic heterocycles. The summed E-state index contributed by atoms with van der Waals surface area (Å²) < 4.78 is 0. The lowest BCUT2D eigenvalue weighted by molar-refractivity contribution is 0.380. The summed E-state index contributed by atoms with van der Waals surface area (Å²) in [4.78, 5) is 0. The zero-order valence-corrected chi connectivity index (χ0v) is 7.41. The summed E-state index contributed by atoms with van der Waals surface area (Å²) in [6.45, 7) is 8.05. The molecule has 0 radical (unpaired) electrons. The highest BCUT2D eigenvalue weighted by atomic mass is 15.0. The summed E-state index contributed by atoms with van der Waals surface area (Å²) in [5, 5.41) is 3.62. The van der Waals surface area contributed by atoms with Crippen LogP contribution in [0.5, 0.6) is 0 Å². The zero-order valence-electron chi connectivity index (χ0n) is 7.41. The largest absolute Gasteiger partial charge is 0.311 e. The lowest BCUT2D eigenvalue weighted by atomic mass is 10.0. The van der Waals surface area contributed by atoms with Gasteiger partial charge in [0.05, 0.1) is 0 Å². The van der Waals surface area contributed by atoms with Crippen molar-refractivity contribution in [2.45, 2.75) is 45.6 Å². The van der Waals surface area contributed by atoms with Crippen LogP contribution in [0.4, 0.5) is 0 Å². The van der Waals surface area contributed by atoms with E-state index in [0.717, 1.165) is 5.92 Å². The Bertz CT molecular complexity index is 103. The minimum atomic E-state index is 0.552. The van der Waals surface area contributed by atoms with Gasteiger partial charge in [0.15, 0.2) is 0 Å². The molecule has 0 aromatic rings. The first-order chi connectivity index (χ1) is 4.71. The van der Waals surface area contributed by atoms with E-state index < -0.39 is 0 Å². The number of hydrogen-bond donors (Lipinski definition) is 1. The van der Waals surface area contributed by atoms with Crippen LogP contribution < -0.4 is 5.32 Å². The molecule has 1 nitrogen and oxygen atoms in total. The summed E-state index contributed by atoms with van der Waals surface area (Å²) in [5.41, 5.74) is 0.552. The lowest BCUT2D eigenvalue weighted by Crippen LogP contribution is -2.36. The second kappa shape index (κ2) is 2.91. The molecule has 1 heteroatoms. The number of rotatable bonds is 4. The molecule has 1 aliphatic rings. The highest BCUT2D eigenvalue weighted by Gasteiger charge is 2.44. The highest BCUT2D eigenvalue weighted by Crippen LogP contribution is 2.41. The fourth-order valence-corrected chi connectivity index (χ4v) is 1.47. The van der Waals surface area contributed by atoms with Crippen molar-refractivity contribution in [2.24, 2.45) is 5.92 Å². The van der Waals surface area contributed by atoms with Crippen molar-refractivity contribution in [3.8, 4) is 0 Å². The van der Waals surface area contributed by atoms with E-state index in [2.05, 4.69) is 26.1 Å². The van der Waals surface area contributed by atoms with Crippen molar-refractivity contribution in [3.05, 3.63) is 0 Å². The molecule has 0 heterocycles. The molecule has 0 amide bonds. The quantitative estimate of drug-likeness (QED) is 0.632. The van der Waals surface area contributed by atoms with Gasteiger partial charge in [0.2, 0.25) is 0 Å². The van der Waals surface area contributed by atoms with Gasteiger partial charge in [0, 0.05) is 5.54 Å². The summed E-state index contributed by atoms with van der Waals surface area (Å²) in [6.07, 6.45) is 4.05. The van der Waals surface area contributed by atoms with Gasteiger partial charge in [0.25, 0.3) is 0 Å². The molecular weight excluding hydrogens is 122 g/mol. The van der Waals surface area contributed by atoms with Crippen LogP contribution in [0.1, 0.15) is 40.0 Å². The SMILES string of the molecule is CCCNC1(C(C)C)CC1. The second-order valence-electron chi connectivity index (χ2n) is 3.74. The Hall–Kier alpha value is -0.0400. The van der Waals surface area contributed by atoms with E-state index in [-0.39, 0.29) is 0 Å². The molecule has 0 atom stereocenters. The van der Waals surface area contributed by atoms with Gasteiger partial charge < -0.3 is 5.32 Å². The fourth-order valence-electron chi connectivity index (χ4n) is 1.47. The summed E-state index contributed by atoms with van der Waals surface area (Å²) in [5.74, 6) is 0.819. The van der Waals surface area contributed by atoms with Gasteiger partial charge in [-0.15, -0.1) is 0 Å². The summed E-state index contributed by atoms with van der Waals surface area (Å²) >= 11 is 0. The molecule has 0 aliphatic heterocycles. The van der Waals surface area contributed by atoms with Crippen molar-refractivity contribution in [1.82, 2.24) is 5.32 Å². The van der Waals surface area contributed by atoms with Crippen molar-refractivity contribution in [1.29, 1.82) is 0 Å². The molecule has 1 saturated carbocycles. The second-order valence-corrected chi connectivity index (χ2v) is 3.74. The van der Waals surface area contributed by atoms with E-state index in [1.54, 1.807) is 0 Å². The normalized spacial score (nSPS) is 21.6. The van der Waals surface area contributed by atoms with E-state index in [1.807, 2.05) is 0 Å². The molecule has 0 unspecified atom stereocenters. The van der Waals surface area contributed by atoms with E-state index in [9.17, 15) is 0 Å². The van der Waals surface area contributed by atoms with Gasteiger partial charge in [-0.3, -0.25) is 0 Å². The predicted molar refractivity (Wildman–Crippen MR) is 45.1 cm³/mol. The summed E-state index contributed by atoms with van der Waals surface area (Å²) in [6, 6.07) is 0. The third-order valence-corrected chi connectivity index (χ3v) is 2.62.